The van der Waals surface area contributed by atoms with Crippen LogP contribution in [0.2, 0.25) is 0 Å². The van der Waals surface area contributed by atoms with E-state index in [9.17, 15) is 18.0 Å². The summed E-state index contributed by atoms with van der Waals surface area (Å²) in [5.41, 5.74) is 0.640. The number of hydrogen-bond donors (Lipinski definition) is 1. The largest absolute Gasteiger partial charge is 0.493 e. The quantitative estimate of drug-likeness (QED) is 0.858. The van der Waals surface area contributed by atoms with E-state index in [-0.39, 0.29) is 17.8 Å². The van der Waals surface area contributed by atoms with Crippen LogP contribution in [-0.2, 0) is 6.18 Å². The number of alkyl halides is 3. The van der Waals surface area contributed by atoms with Crippen molar-refractivity contribution in [2.24, 2.45) is 5.41 Å². The monoisotopic (exact) mass is 355 g/mol. The molecule has 1 aromatic carbocycles. The van der Waals surface area contributed by atoms with Crippen LogP contribution in [0.15, 0.2) is 24.3 Å². The Morgan fingerprint density at radius 1 is 1.36 bits per heavy atom. The van der Waals surface area contributed by atoms with E-state index in [0.717, 1.165) is 18.1 Å². The first-order valence-electron chi connectivity index (χ1n) is 8.25. The number of hydrogen-bond acceptors (Lipinski definition) is 2. The van der Waals surface area contributed by atoms with Crippen molar-refractivity contribution in [1.29, 1.82) is 0 Å². The molecule has 0 saturated carbocycles. The van der Waals surface area contributed by atoms with E-state index in [1.807, 2.05) is 6.08 Å². The number of nitrogens with zero attached hydrogens (tertiary/aromatic N) is 1. The Morgan fingerprint density at radius 2 is 2.08 bits per heavy atom. The second kappa shape index (κ2) is 6.28. The Bertz CT molecular complexity index is 706. The summed E-state index contributed by atoms with van der Waals surface area (Å²) in [6.45, 7) is 2.83. The van der Waals surface area contributed by atoms with Gasteiger partial charge in [-0.3, -0.25) is 0 Å². The van der Waals surface area contributed by atoms with Crippen molar-refractivity contribution >= 4 is 11.7 Å². The first kappa shape index (κ1) is 17.6. The molecule has 0 aromatic heterocycles. The number of carboxylic acid groups (broad SMARTS) is 1. The third-order valence-corrected chi connectivity index (χ3v) is 4.98. The van der Waals surface area contributed by atoms with Crippen molar-refractivity contribution in [2.75, 3.05) is 19.7 Å². The fourth-order valence-corrected chi connectivity index (χ4v) is 3.62. The zero-order valence-corrected chi connectivity index (χ0v) is 13.9. The van der Waals surface area contributed by atoms with Crippen LogP contribution in [0.25, 0.3) is 5.57 Å². The van der Waals surface area contributed by atoms with E-state index < -0.39 is 17.8 Å². The highest BCUT2D eigenvalue weighted by Gasteiger charge is 2.45. The van der Waals surface area contributed by atoms with Crippen LogP contribution < -0.4 is 4.74 Å². The van der Waals surface area contributed by atoms with Crippen molar-refractivity contribution in [3.63, 3.8) is 0 Å². The molecule has 1 heterocycles. The van der Waals surface area contributed by atoms with E-state index in [0.29, 0.717) is 31.5 Å². The SMILES string of the molecule is CCOc1ccc(C2=CCC3(CC2)CN(C(=O)O)C3)cc1C(F)(F)F. The second-order valence-electron chi connectivity index (χ2n) is 6.71. The van der Waals surface area contributed by atoms with E-state index >= 15 is 0 Å². The van der Waals surface area contributed by atoms with Crippen LogP contribution in [0.5, 0.6) is 5.75 Å². The summed E-state index contributed by atoms with van der Waals surface area (Å²) < 4.78 is 44.9. The standard InChI is InChI=1S/C18H20F3NO3/c1-2-25-15-4-3-13(9-14(15)18(19,20)21)12-5-7-17(8-6-12)10-22(11-17)16(23)24/h3-5,9H,2,6-8,10-11H2,1H3,(H,23,24). The lowest BCUT2D eigenvalue weighted by molar-refractivity contribution is -0.138. The number of amides is 1. The lowest BCUT2D eigenvalue weighted by atomic mass is 9.69. The fourth-order valence-electron chi connectivity index (χ4n) is 3.62. The predicted octanol–water partition coefficient (Wildman–Crippen LogP) is 4.65. The van der Waals surface area contributed by atoms with Crippen LogP contribution in [0.4, 0.5) is 18.0 Å². The molecule has 1 fully saturated rings. The summed E-state index contributed by atoms with van der Waals surface area (Å²) in [5, 5.41) is 8.95. The van der Waals surface area contributed by atoms with Gasteiger partial charge in [-0.25, -0.2) is 4.79 Å². The number of halogens is 3. The summed E-state index contributed by atoms with van der Waals surface area (Å²) in [4.78, 5) is 12.3. The first-order valence-corrected chi connectivity index (χ1v) is 8.25. The van der Waals surface area contributed by atoms with Crippen LogP contribution in [-0.4, -0.2) is 35.8 Å². The predicted molar refractivity (Wildman–Crippen MR) is 86.5 cm³/mol. The molecule has 25 heavy (non-hydrogen) atoms. The Morgan fingerprint density at radius 3 is 2.60 bits per heavy atom. The van der Waals surface area contributed by atoms with Gasteiger partial charge >= 0.3 is 12.3 Å². The molecule has 4 nitrogen and oxygen atoms in total. The average molecular weight is 355 g/mol. The van der Waals surface area contributed by atoms with Gasteiger partial charge in [0.05, 0.1) is 12.2 Å². The van der Waals surface area contributed by atoms with E-state index in [2.05, 4.69) is 0 Å². The van der Waals surface area contributed by atoms with Crippen molar-refractivity contribution in [3.05, 3.63) is 35.4 Å². The van der Waals surface area contributed by atoms with Crippen LogP contribution in [0.3, 0.4) is 0 Å². The zero-order valence-electron chi connectivity index (χ0n) is 13.9. The van der Waals surface area contributed by atoms with Crippen LogP contribution >= 0.6 is 0 Å². The summed E-state index contributed by atoms with van der Waals surface area (Å²) in [6, 6.07) is 4.19. The molecular formula is C18H20F3NO3. The van der Waals surface area contributed by atoms with Gasteiger partial charge in [0, 0.05) is 18.5 Å². The molecule has 1 spiro atoms. The number of carbonyl (C=O) groups is 1. The molecule has 3 rings (SSSR count). The molecule has 1 aliphatic heterocycles. The number of rotatable bonds is 3. The van der Waals surface area contributed by atoms with E-state index in [1.165, 1.54) is 11.0 Å². The second-order valence-corrected chi connectivity index (χ2v) is 6.71. The lowest BCUT2D eigenvalue weighted by Crippen LogP contribution is -2.58. The lowest BCUT2D eigenvalue weighted by Gasteiger charge is -2.50. The fraction of sp³-hybridized carbons (Fsp3) is 0.500. The van der Waals surface area contributed by atoms with Gasteiger partial charge in [-0.05, 0) is 49.5 Å². The van der Waals surface area contributed by atoms with Gasteiger partial charge in [0.15, 0.2) is 0 Å². The molecule has 1 aliphatic carbocycles. The van der Waals surface area contributed by atoms with Crippen molar-refractivity contribution in [1.82, 2.24) is 4.90 Å². The summed E-state index contributed by atoms with van der Waals surface area (Å²) >= 11 is 0. The third kappa shape index (κ3) is 3.45. The molecule has 136 valence electrons. The van der Waals surface area contributed by atoms with Crippen molar-refractivity contribution in [2.45, 2.75) is 32.4 Å². The van der Waals surface area contributed by atoms with Gasteiger partial charge in [0.2, 0.25) is 0 Å². The topological polar surface area (TPSA) is 49.8 Å². The first-order chi connectivity index (χ1) is 11.7. The van der Waals surface area contributed by atoms with Gasteiger partial charge in [0.25, 0.3) is 0 Å². The van der Waals surface area contributed by atoms with E-state index in [4.69, 9.17) is 9.84 Å². The molecule has 1 amide bonds. The molecule has 7 heteroatoms. The molecule has 0 radical (unpaired) electrons. The molecule has 0 atom stereocenters. The summed E-state index contributed by atoms with van der Waals surface area (Å²) in [6.07, 6.45) is -1.29. The summed E-state index contributed by atoms with van der Waals surface area (Å²) in [7, 11) is 0. The Kier molecular flexibility index (Phi) is 4.43. The zero-order chi connectivity index (χ0) is 18.2. The maximum absolute atomic E-state index is 13.3. The Balaban J connectivity index is 1.79. The molecule has 0 unspecified atom stereocenters. The highest BCUT2D eigenvalue weighted by molar-refractivity contribution is 5.69. The number of allylic oxidation sites excluding steroid dienone is 2. The van der Waals surface area contributed by atoms with Gasteiger partial charge in [-0.15, -0.1) is 0 Å². The maximum Gasteiger partial charge on any atom is 0.419 e. The molecule has 1 N–H and O–H groups in total. The highest BCUT2D eigenvalue weighted by Crippen LogP contribution is 2.46. The van der Waals surface area contributed by atoms with Gasteiger partial charge < -0.3 is 14.7 Å². The maximum atomic E-state index is 13.3. The molecule has 0 bridgehead atoms. The van der Waals surface area contributed by atoms with Crippen LogP contribution in [0, 0.1) is 5.41 Å². The van der Waals surface area contributed by atoms with Gasteiger partial charge in [0.1, 0.15) is 5.75 Å². The molecule has 2 aliphatic rings. The molecule has 1 aromatic rings. The molecule has 1 saturated heterocycles. The normalized spacial score (nSPS) is 19.4. The Labute approximate surface area is 143 Å². The van der Waals surface area contributed by atoms with Gasteiger partial charge in [-0.1, -0.05) is 12.1 Å². The minimum Gasteiger partial charge on any atom is -0.493 e. The minimum absolute atomic E-state index is 0.0417. The number of likely N-dealkylation sites (tertiary alicyclic amines) is 1. The Hall–Kier alpha value is -2.18. The average Bonchev–Trinajstić information content (AvgIpc) is 2.52. The van der Waals surface area contributed by atoms with Crippen molar-refractivity contribution < 1.29 is 27.8 Å². The van der Waals surface area contributed by atoms with Crippen molar-refractivity contribution in [3.8, 4) is 5.75 Å². The third-order valence-electron chi connectivity index (χ3n) is 4.98. The number of benzene rings is 1. The number of ether oxygens (including phenoxy) is 1. The summed E-state index contributed by atoms with van der Waals surface area (Å²) in [5.74, 6) is -0.150. The highest BCUT2D eigenvalue weighted by atomic mass is 19.4. The molecular weight excluding hydrogens is 335 g/mol. The van der Waals surface area contributed by atoms with Crippen LogP contribution in [0.1, 0.15) is 37.3 Å². The minimum atomic E-state index is -4.47. The smallest absolute Gasteiger partial charge is 0.419 e. The van der Waals surface area contributed by atoms with E-state index in [1.54, 1.807) is 13.0 Å². The van der Waals surface area contributed by atoms with Gasteiger partial charge in [-0.2, -0.15) is 13.2 Å².